The Morgan fingerprint density at radius 3 is 2.92 bits per heavy atom. The highest BCUT2D eigenvalue weighted by Gasteiger charge is 2.04. The van der Waals surface area contributed by atoms with E-state index in [-0.39, 0.29) is 0 Å². The number of nitrogens with two attached hydrogens (primary N) is 1. The lowest BCUT2D eigenvalue weighted by atomic mass is 10.5. The van der Waals surface area contributed by atoms with E-state index >= 15 is 0 Å². The van der Waals surface area contributed by atoms with Crippen LogP contribution < -0.4 is 5.73 Å². The Balaban J connectivity index is 2.54. The third-order valence-corrected chi connectivity index (χ3v) is 2.21. The molecule has 12 heavy (non-hydrogen) atoms. The molecule has 5 heteroatoms. The molecule has 0 amide bonds. The quantitative estimate of drug-likeness (QED) is 0.717. The largest absolute Gasteiger partial charge is 0.383 e. The molecule has 0 atom stereocenters. The van der Waals surface area contributed by atoms with Gasteiger partial charge < -0.3 is 5.73 Å². The number of aryl methyl sites for hydroxylation is 1. The SMILES string of the molecule is Cc1cc(N)n(-c2nccs2)n1. The van der Waals surface area contributed by atoms with Crippen molar-refractivity contribution < 1.29 is 0 Å². The van der Waals surface area contributed by atoms with Crippen LogP contribution in [0.2, 0.25) is 0 Å². The van der Waals surface area contributed by atoms with E-state index in [9.17, 15) is 0 Å². The maximum atomic E-state index is 5.70. The van der Waals surface area contributed by atoms with Crippen molar-refractivity contribution in [2.75, 3.05) is 5.73 Å². The van der Waals surface area contributed by atoms with E-state index in [1.54, 1.807) is 10.9 Å². The topological polar surface area (TPSA) is 56.7 Å². The fraction of sp³-hybridized carbons (Fsp3) is 0.143. The highest BCUT2D eigenvalue weighted by Crippen LogP contribution is 2.15. The standard InChI is InChI=1S/C7H8N4S/c1-5-4-6(8)11(10-5)7-9-2-3-12-7/h2-4H,8H2,1H3. The number of nitrogens with zero attached hydrogens (tertiary/aromatic N) is 3. The summed E-state index contributed by atoms with van der Waals surface area (Å²) in [7, 11) is 0. The summed E-state index contributed by atoms with van der Waals surface area (Å²) in [6.45, 7) is 1.90. The molecule has 62 valence electrons. The van der Waals surface area contributed by atoms with Crippen molar-refractivity contribution >= 4 is 17.2 Å². The van der Waals surface area contributed by atoms with Crippen LogP contribution in [0.1, 0.15) is 5.69 Å². The molecule has 0 bridgehead atoms. The summed E-state index contributed by atoms with van der Waals surface area (Å²) < 4.78 is 1.64. The van der Waals surface area contributed by atoms with Crippen LogP contribution in [0.15, 0.2) is 17.6 Å². The fourth-order valence-corrected chi connectivity index (χ4v) is 1.60. The van der Waals surface area contributed by atoms with Gasteiger partial charge in [0.2, 0.25) is 5.13 Å². The lowest BCUT2D eigenvalue weighted by Gasteiger charge is -1.95. The van der Waals surface area contributed by atoms with E-state index in [0.717, 1.165) is 10.8 Å². The van der Waals surface area contributed by atoms with Crippen molar-refractivity contribution in [2.45, 2.75) is 6.92 Å². The molecule has 0 aliphatic carbocycles. The number of hydrogen-bond acceptors (Lipinski definition) is 4. The molecule has 0 fully saturated rings. The highest BCUT2D eigenvalue weighted by molar-refractivity contribution is 7.12. The van der Waals surface area contributed by atoms with Gasteiger partial charge in [0, 0.05) is 17.6 Å². The molecule has 0 saturated carbocycles. The Kier molecular flexibility index (Phi) is 1.58. The van der Waals surface area contributed by atoms with E-state index in [1.165, 1.54) is 11.3 Å². The highest BCUT2D eigenvalue weighted by atomic mass is 32.1. The molecule has 0 aliphatic rings. The number of aromatic nitrogens is 3. The number of anilines is 1. The van der Waals surface area contributed by atoms with Crippen LogP contribution in [-0.2, 0) is 0 Å². The van der Waals surface area contributed by atoms with Gasteiger partial charge in [-0.05, 0) is 6.92 Å². The predicted octanol–water partition coefficient (Wildman–Crippen LogP) is 1.22. The van der Waals surface area contributed by atoms with E-state index in [0.29, 0.717) is 5.82 Å². The first-order chi connectivity index (χ1) is 5.77. The number of rotatable bonds is 1. The van der Waals surface area contributed by atoms with Gasteiger partial charge >= 0.3 is 0 Å². The zero-order valence-electron chi connectivity index (χ0n) is 6.56. The first kappa shape index (κ1) is 7.30. The summed E-state index contributed by atoms with van der Waals surface area (Å²) >= 11 is 1.51. The van der Waals surface area contributed by atoms with E-state index in [4.69, 9.17) is 5.73 Å². The molecule has 2 aromatic heterocycles. The van der Waals surface area contributed by atoms with Crippen LogP contribution >= 0.6 is 11.3 Å². The third-order valence-electron chi connectivity index (χ3n) is 1.46. The molecule has 0 unspecified atom stereocenters. The summed E-state index contributed by atoms with van der Waals surface area (Å²) in [5.41, 5.74) is 6.60. The maximum Gasteiger partial charge on any atom is 0.212 e. The summed E-state index contributed by atoms with van der Waals surface area (Å²) in [6.07, 6.45) is 1.73. The minimum Gasteiger partial charge on any atom is -0.383 e. The molecule has 0 saturated heterocycles. The monoisotopic (exact) mass is 180 g/mol. The zero-order valence-corrected chi connectivity index (χ0v) is 7.38. The van der Waals surface area contributed by atoms with Gasteiger partial charge in [-0.3, -0.25) is 0 Å². The molecular formula is C7H8N4S. The average molecular weight is 180 g/mol. The summed E-state index contributed by atoms with van der Waals surface area (Å²) in [5, 5.41) is 6.89. The number of hydrogen-bond donors (Lipinski definition) is 1. The van der Waals surface area contributed by atoms with Crippen LogP contribution in [0.4, 0.5) is 5.82 Å². The van der Waals surface area contributed by atoms with Crippen molar-refractivity contribution in [3.05, 3.63) is 23.3 Å². The zero-order chi connectivity index (χ0) is 8.55. The van der Waals surface area contributed by atoms with Crippen molar-refractivity contribution in [3.63, 3.8) is 0 Å². The van der Waals surface area contributed by atoms with Crippen molar-refractivity contribution in [3.8, 4) is 5.13 Å². The Morgan fingerprint density at radius 1 is 1.58 bits per heavy atom. The molecule has 4 nitrogen and oxygen atoms in total. The lowest BCUT2D eigenvalue weighted by Crippen LogP contribution is -2.00. The smallest absolute Gasteiger partial charge is 0.212 e. The Morgan fingerprint density at radius 2 is 2.42 bits per heavy atom. The summed E-state index contributed by atoms with van der Waals surface area (Å²) in [5.74, 6) is 0.627. The van der Waals surface area contributed by atoms with Gasteiger partial charge in [-0.25, -0.2) is 4.98 Å². The molecule has 0 aromatic carbocycles. The molecule has 0 spiro atoms. The predicted molar refractivity (Wildman–Crippen MR) is 48.4 cm³/mol. The Hall–Kier alpha value is -1.36. The normalized spacial score (nSPS) is 10.4. The van der Waals surface area contributed by atoms with Crippen LogP contribution in [-0.4, -0.2) is 14.8 Å². The van der Waals surface area contributed by atoms with E-state index < -0.39 is 0 Å². The number of thiazole rings is 1. The third kappa shape index (κ3) is 1.08. The van der Waals surface area contributed by atoms with Gasteiger partial charge in [-0.1, -0.05) is 0 Å². The van der Waals surface area contributed by atoms with Crippen molar-refractivity contribution in [2.24, 2.45) is 0 Å². The van der Waals surface area contributed by atoms with Crippen LogP contribution in [0, 0.1) is 6.92 Å². The van der Waals surface area contributed by atoms with Crippen molar-refractivity contribution in [1.29, 1.82) is 0 Å². The van der Waals surface area contributed by atoms with E-state index in [1.807, 2.05) is 18.4 Å². The summed E-state index contributed by atoms with van der Waals surface area (Å²) in [6, 6.07) is 1.82. The molecule has 0 aliphatic heterocycles. The lowest BCUT2D eigenvalue weighted by molar-refractivity contribution is 0.862. The Labute approximate surface area is 73.7 Å². The molecule has 2 N–H and O–H groups in total. The van der Waals surface area contributed by atoms with Gasteiger partial charge in [0.15, 0.2) is 0 Å². The maximum absolute atomic E-state index is 5.70. The van der Waals surface area contributed by atoms with Crippen molar-refractivity contribution in [1.82, 2.24) is 14.8 Å². The van der Waals surface area contributed by atoms with E-state index in [2.05, 4.69) is 10.1 Å². The first-order valence-corrected chi connectivity index (χ1v) is 4.37. The minimum absolute atomic E-state index is 0.627. The molecule has 2 heterocycles. The van der Waals surface area contributed by atoms with Gasteiger partial charge in [-0.15, -0.1) is 11.3 Å². The average Bonchev–Trinajstić information content (AvgIpc) is 2.58. The number of nitrogen functional groups attached to an aromatic ring is 1. The van der Waals surface area contributed by atoms with Gasteiger partial charge in [-0.2, -0.15) is 9.78 Å². The van der Waals surface area contributed by atoms with Gasteiger partial charge in [0.1, 0.15) is 5.82 Å². The van der Waals surface area contributed by atoms with Crippen LogP contribution in [0.25, 0.3) is 5.13 Å². The second-order valence-electron chi connectivity index (χ2n) is 2.44. The van der Waals surface area contributed by atoms with Gasteiger partial charge in [0.25, 0.3) is 0 Å². The fourth-order valence-electron chi connectivity index (χ4n) is 0.993. The second kappa shape index (κ2) is 2.60. The summed E-state index contributed by atoms with van der Waals surface area (Å²) in [4.78, 5) is 4.10. The first-order valence-electron chi connectivity index (χ1n) is 3.49. The second-order valence-corrected chi connectivity index (χ2v) is 3.31. The van der Waals surface area contributed by atoms with Gasteiger partial charge in [0.05, 0.1) is 5.69 Å². The molecular weight excluding hydrogens is 172 g/mol. The van der Waals surface area contributed by atoms with Crippen LogP contribution in [0.3, 0.4) is 0 Å². The molecule has 0 radical (unpaired) electrons. The molecule has 2 rings (SSSR count). The minimum atomic E-state index is 0.627. The van der Waals surface area contributed by atoms with Crippen LogP contribution in [0.5, 0.6) is 0 Å². The Bertz CT molecular complexity index is 376. The molecule has 2 aromatic rings.